The molecule has 2 aromatic heterocycles. The Balaban J connectivity index is 1.62. The molecule has 1 aliphatic rings. The van der Waals surface area contributed by atoms with Gasteiger partial charge in [-0.25, -0.2) is 4.98 Å². The molecular formula is C20H21N5O2. The van der Waals surface area contributed by atoms with E-state index >= 15 is 0 Å². The molecule has 7 nitrogen and oxygen atoms in total. The normalized spacial score (nSPS) is 17.1. The minimum Gasteiger partial charge on any atom is -0.417 e. The largest absolute Gasteiger partial charge is 0.417 e. The Bertz CT molecular complexity index is 951. The van der Waals surface area contributed by atoms with Crippen molar-refractivity contribution < 1.29 is 9.21 Å². The van der Waals surface area contributed by atoms with E-state index in [9.17, 15) is 4.79 Å². The van der Waals surface area contributed by atoms with Gasteiger partial charge in [0.25, 0.3) is 11.8 Å². The van der Waals surface area contributed by atoms with Crippen molar-refractivity contribution in [1.82, 2.24) is 25.1 Å². The molecule has 1 saturated heterocycles. The number of carbonyl (C=O) groups is 1. The van der Waals surface area contributed by atoms with Crippen LogP contribution >= 0.6 is 0 Å². The number of amides is 1. The molecule has 0 unspecified atom stereocenters. The first kappa shape index (κ1) is 17.3. The number of hydrogen-bond donors (Lipinski definition) is 0. The SMILES string of the molecule is Cc1cnc(-c2nnc([C@@H]3CCCCN3C(=O)c3ccccc3C)o2)cn1. The van der Waals surface area contributed by atoms with Gasteiger partial charge in [0.15, 0.2) is 0 Å². The zero-order valence-corrected chi connectivity index (χ0v) is 15.4. The van der Waals surface area contributed by atoms with Crippen LogP contribution in [0.15, 0.2) is 41.1 Å². The molecule has 1 atom stereocenters. The number of benzene rings is 1. The number of carbonyl (C=O) groups excluding carboxylic acids is 1. The summed E-state index contributed by atoms with van der Waals surface area (Å²) < 4.78 is 5.88. The van der Waals surface area contributed by atoms with Crippen LogP contribution in [0.1, 0.15) is 52.8 Å². The van der Waals surface area contributed by atoms with E-state index in [1.807, 2.05) is 43.0 Å². The van der Waals surface area contributed by atoms with Gasteiger partial charge in [0.05, 0.1) is 11.9 Å². The number of hydrogen-bond acceptors (Lipinski definition) is 6. The molecule has 1 amide bonds. The molecule has 27 heavy (non-hydrogen) atoms. The Hall–Kier alpha value is -3.09. The van der Waals surface area contributed by atoms with E-state index in [2.05, 4.69) is 20.2 Å². The molecule has 1 aliphatic heterocycles. The molecule has 0 radical (unpaired) electrons. The molecule has 0 saturated carbocycles. The number of rotatable bonds is 3. The molecule has 7 heteroatoms. The Kier molecular flexibility index (Phi) is 4.66. The standard InChI is InChI=1S/C20H21N5O2/c1-13-7-3-4-8-15(13)20(26)25-10-6-5-9-17(25)19-24-23-18(27-19)16-12-21-14(2)11-22-16/h3-4,7-8,11-12,17H,5-6,9-10H2,1-2H3/t17-/m0/s1. The fraction of sp³-hybridized carbons (Fsp3) is 0.350. The summed E-state index contributed by atoms with van der Waals surface area (Å²) in [6.45, 7) is 4.50. The summed E-state index contributed by atoms with van der Waals surface area (Å²) >= 11 is 0. The van der Waals surface area contributed by atoms with Gasteiger partial charge in [0, 0.05) is 18.3 Å². The quantitative estimate of drug-likeness (QED) is 0.708. The number of nitrogens with zero attached hydrogens (tertiary/aromatic N) is 5. The van der Waals surface area contributed by atoms with Gasteiger partial charge >= 0.3 is 0 Å². The molecule has 3 aromatic rings. The number of aryl methyl sites for hydroxylation is 2. The van der Waals surface area contributed by atoms with Crippen LogP contribution in [0.2, 0.25) is 0 Å². The molecular weight excluding hydrogens is 342 g/mol. The van der Waals surface area contributed by atoms with E-state index in [0.29, 0.717) is 29.6 Å². The van der Waals surface area contributed by atoms with E-state index in [1.165, 1.54) is 0 Å². The Labute approximate surface area is 157 Å². The molecule has 4 rings (SSSR count). The van der Waals surface area contributed by atoms with Crippen LogP contribution in [-0.4, -0.2) is 37.5 Å². The molecule has 0 spiro atoms. The molecule has 0 aliphatic carbocycles. The monoisotopic (exact) mass is 363 g/mol. The number of aromatic nitrogens is 4. The van der Waals surface area contributed by atoms with Gasteiger partial charge < -0.3 is 9.32 Å². The lowest BCUT2D eigenvalue weighted by atomic mass is 9.99. The predicted octanol–water partition coefficient (Wildman–Crippen LogP) is 3.51. The minimum atomic E-state index is -0.217. The minimum absolute atomic E-state index is 0.00711. The Morgan fingerprint density at radius 2 is 1.96 bits per heavy atom. The highest BCUT2D eigenvalue weighted by Crippen LogP contribution is 2.32. The molecule has 0 bridgehead atoms. The third-order valence-electron chi connectivity index (χ3n) is 4.86. The molecule has 1 fully saturated rings. The second-order valence-electron chi connectivity index (χ2n) is 6.81. The fourth-order valence-electron chi connectivity index (χ4n) is 3.37. The summed E-state index contributed by atoms with van der Waals surface area (Å²) in [7, 11) is 0. The predicted molar refractivity (Wildman–Crippen MR) is 98.9 cm³/mol. The molecule has 0 N–H and O–H groups in total. The lowest BCUT2D eigenvalue weighted by molar-refractivity contribution is 0.0571. The summed E-state index contributed by atoms with van der Waals surface area (Å²) in [6, 6.07) is 7.43. The maximum atomic E-state index is 13.1. The smallest absolute Gasteiger partial charge is 0.267 e. The van der Waals surface area contributed by atoms with Crippen molar-refractivity contribution in [2.75, 3.05) is 6.54 Å². The topological polar surface area (TPSA) is 85.0 Å². The van der Waals surface area contributed by atoms with Crippen LogP contribution in [0.3, 0.4) is 0 Å². The summed E-state index contributed by atoms with van der Waals surface area (Å²) in [5, 5.41) is 8.33. The van der Waals surface area contributed by atoms with Crippen LogP contribution in [0.5, 0.6) is 0 Å². The lowest BCUT2D eigenvalue weighted by Gasteiger charge is -2.33. The summed E-state index contributed by atoms with van der Waals surface area (Å²) in [4.78, 5) is 23.5. The van der Waals surface area contributed by atoms with E-state index in [-0.39, 0.29) is 11.9 Å². The second-order valence-corrected chi connectivity index (χ2v) is 6.81. The van der Waals surface area contributed by atoms with Crippen LogP contribution in [-0.2, 0) is 0 Å². The molecule has 1 aromatic carbocycles. The lowest BCUT2D eigenvalue weighted by Crippen LogP contribution is -2.39. The average Bonchev–Trinajstić information content (AvgIpc) is 3.18. The van der Waals surface area contributed by atoms with Gasteiger partial charge in [-0.05, 0) is 44.7 Å². The highest BCUT2D eigenvalue weighted by molar-refractivity contribution is 5.95. The van der Waals surface area contributed by atoms with Gasteiger partial charge in [0.1, 0.15) is 11.7 Å². The van der Waals surface area contributed by atoms with Crippen molar-refractivity contribution in [3.63, 3.8) is 0 Å². The van der Waals surface area contributed by atoms with Crippen LogP contribution in [0.25, 0.3) is 11.6 Å². The summed E-state index contributed by atoms with van der Waals surface area (Å²) in [5.41, 5.74) is 3.04. The van der Waals surface area contributed by atoms with Crippen molar-refractivity contribution in [3.8, 4) is 11.6 Å². The van der Waals surface area contributed by atoms with E-state index in [1.54, 1.807) is 12.4 Å². The summed E-state index contributed by atoms with van der Waals surface area (Å²) in [6.07, 6.45) is 6.07. The molecule has 3 heterocycles. The average molecular weight is 363 g/mol. The van der Waals surface area contributed by atoms with Crippen molar-refractivity contribution in [1.29, 1.82) is 0 Å². The second kappa shape index (κ2) is 7.26. The van der Waals surface area contributed by atoms with Gasteiger partial charge in [-0.1, -0.05) is 18.2 Å². The zero-order chi connectivity index (χ0) is 18.8. The van der Waals surface area contributed by atoms with E-state index in [0.717, 1.165) is 30.5 Å². The van der Waals surface area contributed by atoms with Gasteiger partial charge in [-0.15, -0.1) is 10.2 Å². The van der Waals surface area contributed by atoms with Gasteiger partial charge in [-0.3, -0.25) is 9.78 Å². The Morgan fingerprint density at radius 3 is 2.74 bits per heavy atom. The zero-order valence-electron chi connectivity index (χ0n) is 15.4. The van der Waals surface area contributed by atoms with E-state index < -0.39 is 0 Å². The van der Waals surface area contributed by atoms with Crippen molar-refractivity contribution >= 4 is 5.91 Å². The van der Waals surface area contributed by atoms with Crippen LogP contribution in [0.4, 0.5) is 0 Å². The summed E-state index contributed by atoms with van der Waals surface area (Å²) in [5.74, 6) is 0.785. The van der Waals surface area contributed by atoms with Crippen LogP contribution < -0.4 is 0 Å². The maximum Gasteiger partial charge on any atom is 0.267 e. The first-order valence-electron chi connectivity index (χ1n) is 9.12. The van der Waals surface area contributed by atoms with Crippen molar-refractivity contribution in [2.45, 2.75) is 39.2 Å². The molecule has 138 valence electrons. The maximum absolute atomic E-state index is 13.1. The third kappa shape index (κ3) is 3.45. The third-order valence-corrected chi connectivity index (χ3v) is 4.86. The fourth-order valence-corrected chi connectivity index (χ4v) is 3.37. The highest BCUT2D eigenvalue weighted by atomic mass is 16.4. The van der Waals surface area contributed by atoms with Gasteiger partial charge in [-0.2, -0.15) is 0 Å². The number of piperidine rings is 1. The van der Waals surface area contributed by atoms with Crippen molar-refractivity contribution in [2.24, 2.45) is 0 Å². The Morgan fingerprint density at radius 1 is 1.11 bits per heavy atom. The van der Waals surface area contributed by atoms with E-state index in [4.69, 9.17) is 4.42 Å². The highest BCUT2D eigenvalue weighted by Gasteiger charge is 2.33. The van der Waals surface area contributed by atoms with Gasteiger partial charge in [0.2, 0.25) is 5.89 Å². The van der Waals surface area contributed by atoms with Crippen LogP contribution in [0, 0.1) is 13.8 Å². The first-order valence-corrected chi connectivity index (χ1v) is 9.12. The number of likely N-dealkylation sites (tertiary alicyclic amines) is 1. The van der Waals surface area contributed by atoms with Crippen molar-refractivity contribution in [3.05, 3.63) is 59.4 Å². The first-order chi connectivity index (χ1) is 13.1.